The van der Waals surface area contributed by atoms with Crippen molar-refractivity contribution in [2.24, 2.45) is 5.92 Å². The number of aryl methyl sites for hydroxylation is 1. The first kappa shape index (κ1) is 13.6. The lowest BCUT2D eigenvalue weighted by Gasteiger charge is -2.22. The molecule has 2 aliphatic rings. The minimum atomic E-state index is -0.101. The van der Waals surface area contributed by atoms with Gasteiger partial charge >= 0.3 is 0 Å². The van der Waals surface area contributed by atoms with Crippen LogP contribution in [0.15, 0.2) is 40.8 Å². The zero-order valence-corrected chi connectivity index (χ0v) is 12.6. The average Bonchev–Trinajstić information content (AvgIpc) is 3.23. The summed E-state index contributed by atoms with van der Waals surface area (Å²) >= 11 is 0. The lowest BCUT2D eigenvalue weighted by atomic mass is 10.0. The number of rotatable bonds is 3. The zero-order valence-electron chi connectivity index (χ0n) is 12.6. The largest absolute Gasteiger partial charge is 0.451 e. The van der Waals surface area contributed by atoms with E-state index in [1.54, 1.807) is 6.07 Å². The maximum Gasteiger partial charge on any atom is 0.287 e. The second-order valence-corrected chi connectivity index (χ2v) is 6.45. The molecule has 22 heavy (non-hydrogen) atoms. The molecule has 2 heterocycles. The lowest BCUT2D eigenvalue weighted by Crippen LogP contribution is -2.44. The highest BCUT2D eigenvalue weighted by molar-refractivity contribution is 5.92. The highest BCUT2D eigenvalue weighted by Crippen LogP contribution is 2.31. The number of piperidine rings is 1. The molecule has 0 radical (unpaired) electrons. The predicted molar refractivity (Wildman–Crippen MR) is 84.6 cm³/mol. The van der Waals surface area contributed by atoms with Gasteiger partial charge in [0.15, 0.2) is 5.76 Å². The van der Waals surface area contributed by atoms with Gasteiger partial charge < -0.3 is 15.1 Å². The Bertz CT molecular complexity index is 707. The van der Waals surface area contributed by atoms with Gasteiger partial charge in [-0.3, -0.25) is 4.79 Å². The Labute approximate surface area is 129 Å². The summed E-state index contributed by atoms with van der Waals surface area (Å²) in [6, 6.07) is 12.6. The highest BCUT2D eigenvalue weighted by Gasteiger charge is 2.40. The molecule has 1 aromatic carbocycles. The van der Waals surface area contributed by atoms with E-state index in [1.807, 2.05) is 31.2 Å². The van der Waals surface area contributed by atoms with Gasteiger partial charge in [0.1, 0.15) is 5.76 Å². The van der Waals surface area contributed by atoms with Crippen molar-refractivity contribution in [1.82, 2.24) is 10.6 Å². The van der Waals surface area contributed by atoms with Crippen LogP contribution < -0.4 is 10.6 Å². The Hall–Kier alpha value is -2.07. The highest BCUT2D eigenvalue weighted by atomic mass is 16.3. The topological polar surface area (TPSA) is 54.3 Å². The molecule has 1 aromatic heterocycles. The summed E-state index contributed by atoms with van der Waals surface area (Å²) in [5.41, 5.74) is 2.18. The van der Waals surface area contributed by atoms with Crippen molar-refractivity contribution < 1.29 is 9.21 Å². The molecule has 4 heteroatoms. The van der Waals surface area contributed by atoms with Gasteiger partial charge in [0.25, 0.3) is 5.91 Å². The van der Waals surface area contributed by atoms with E-state index in [0.717, 1.165) is 24.3 Å². The van der Waals surface area contributed by atoms with Crippen molar-refractivity contribution in [2.45, 2.75) is 31.8 Å². The van der Waals surface area contributed by atoms with Crippen molar-refractivity contribution in [3.63, 3.8) is 0 Å². The quantitative estimate of drug-likeness (QED) is 0.915. The van der Waals surface area contributed by atoms with Gasteiger partial charge in [-0.25, -0.2) is 0 Å². The van der Waals surface area contributed by atoms with Gasteiger partial charge in [-0.2, -0.15) is 0 Å². The van der Waals surface area contributed by atoms with Gasteiger partial charge in [0.2, 0.25) is 0 Å². The molecule has 2 fully saturated rings. The van der Waals surface area contributed by atoms with E-state index in [4.69, 9.17) is 4.42 Å². The average molecular weight is 296 g/mol. The first-order valence-corrected chi connectivity index (χ1v) is 7.90. The van der Waals surface area contributed by atoms with Crippen LogP contribution in [-0.2, 0) is 0 Å². The van der Waals surface area contributed by atoms with Crippen LogP contribution in [0.2, 0.25) is 0 Å². The summed E-state index contributed by atoms with van der Waals surface area (Å²) in [7, 11) is 0. The number of carbonyl (C=O) groups is 1. The van der Waals surface area contributed by atoms with Crippen LogP contribution in [0.1, 0.15) is 29.0 Å². The van der Waals surface area contributed by atoms with E-state index < -0.39 is 0 Å². The third-order valence-electron chi connectivity index (χ3n) is 4.81. The van der Waals surface area contributed by atoms with Crippen LogP contribution in [-0.4, -0.2) is 24.5 Å². The van der Waals surface area contributed by atoms with Crippen molar-refractivity contribution >= 4 is 5.91 Å². The number of furan rings is 1. The summed E-state index contributed by atoms with van der Waals surface area (Å²) in [6.07, 6.45) is 2.21. The Morgan fingerprint density at radius 2 is 2.18 bits per heavy atom. The number of hydrogen-bond acceptors (Lipinski definition) is 3. The van der Waals surface area contributed by atoms with Crippen LogP contribution in [0, 0.1) is 12.8 Å². The van der Waals surface area contributed by atoms with Crippen LogP contribution >= 0.6 is 0 Å². The normalized spacial score (nSPS) is 26.3. The molecule has 2 aromatic rings. The molecule has 1 amide bonds. The molecule has 1 saturated heterocycles. The maximum atomic E-state index is 12.4. The van der Waals surface area contributed by atoms with E-state index >= 15 is 0 Å². The van der Waals surface area contributed by atoms with Gasteiger partial charge in [-0.05, 0) is 43.9 Å². The first-order chi connectivity index (χ1) is 10.7. The Balaban J connectivity index is 1.48. The molecule has 0 spiro atoms. The van der Waals surface area contributed by atoms with Crippen LogP contribution in [0.4, 0.5) is 0 Å². The second-order valence-electron chi connectivity index (χ2n) is 6.45. The van der Waals surface area contributed by atoms with Gasteiger partial charge in [0, 0.05) is 24.2 Å². The molecule has 2 bridgehead atoms. The number of hydrogen-bond donors (Lipinski definition) is 2. The molecule has 1 aliphatic carbocycles. The van der Waals surface area contributed by atoms with Crippen molar-refractivity contribution in [3.8, 4) is 11.3 Å². The Kier molecular flexibility index (Phi) is 3.26. The molecule has 114 valence electrons. The fourth-order valence-electron chi connectivity index (χ4n) is 3.66. The molecule has 4 rings (SSSR count). The number of carbonyl (C=O) groups excluding carboxylic acids is 1. The van der Waals surface area contributed by atoms with Crippen LogP contribution in [0.25, 0.3) is 11.3 Å². The molecule has 4 nitrogen and oxygen atoms in total. The van der Waals surface area contributed by atoms with E-state index in [1.165, 1.54) is 12.0 Å². The van der Waals surface area contributed by atoms with E-state index in [-0.39, 0.29) is 11.9 Å². The van der Waals surface area contributed by atoms with Crippen LogP contribution in [0.3, 0.4) is 0 Å². The second kappa shape index (κ2) is 5.29. The molecule has 1 saturated carbocycles. The predicted octanol–water partition coefficient (Wildman–Crippen LogP) is 2.74. The van der Waals surface area contributed by atoms with Crippen molar-refractivity contribution in [1.29, 1.82) is 0 Å². The number of benzene rings is 1. The SMILES string of the molecule is Cc1cccc(-c2ccc(C(=O)NC3CC4CC3CN4)o2)c1. The third-order valence-corrected chi connectivity index (χ3v) is 4.81. The minimum Gasteiger partial charge on any atom is -0.451 e. The Morgan fingerprint density at radius 1 is 1.27 bits per heavy atom. The monoisotopic (exact) mass is 296 g/mol. The lowest BCUT2D eigenvalue weighted by molar-refractivity contribution is 0.0897. The van der Waals surface area contributed by atoms with Gasteiger partial charge in [-0.15, -0.1) is 0 Å². The van der Waals surface area contributed by atoms with Crippen molar-refractivity contribution in [3.05, 3.63) is 47.7 Å². The standard InChI is InChI=1S/C18H20N2O2/c1-11-3-2-4-12(7-11)16-5-6-17(22-16)18(21)20-15-9-14-8-13(15)10-19-14/h2-7,13-15,19H,8-10H2,1H3,(H,20,21). The molecular weight excluding hydrogens is 276 g/mol. The van der Waals surface area contributed by atoms with Crippen LogP contribution in [0.5, 0.6) is 0 Å². The zero-order chi connectivity index (χ0) is 15.1. The first-order valence-electron chi connectivity index (χ1n) is 7.90. The maximum absolute atomic E-state index is 12.4. The molecule has 3 atom stereocenters. The summed E-state index contributed by atoms with van der Waals surface area (Å²) in [6.45, 7) is 3.06. The van der Waals surface area contributed by atoms with Gasteiger partial charge in [0.05, 0.1) is 0 Å². The van der Waals surface area contributed by atoms with Crippen molar-refractivity contribution in [2.75, 3.05) is 6.54 Å². The van der Waals surface area contributed by atoms with Gasteiger partial charge in [-0.1, -0.05) is 23.8 Å². The molecule has 2 N–H and O–H groups in total. The third kappa shape index (κ3) is 2.44. The minimum absolute atomic E-state index is 0.101. The fraction of sp³-hybridized carbons (Fsp3) is 0.389. The van der Waals surface area contributed by atoms with E-state index in [2.05, 4.69) is 16.7 Å². The summed E-state index contributed by atoms with van der Waals surface area (Å²) in [4.78, 5) is 12.4. The summed E-state index contributed by atoms with van der Waals surface area (Å²) in [5, 5.41) is 6.59. The van der Waals surface area contributed by atoms with E-state index in [9.17, 15) is 4.79 Å². The van der Waals surface area contributed by atoms with E-state index in [0.29, 0.717) is 17.7 Å². The molecule has 3 unspecified atom stereocenters. The molecule has 1 aliphatic heterocycles. The number of amides is 1. The summed E-state index contributed by atoms with van der Waals surface area (Å²) in [5.74, 6) is 1.60. The number of fused-ring (bicyclic) bond motifs is 2. The Morgan fingerprint density at radius 3 is 2.91 bits per heavy atom. The fourth-order valence-corrected chi connectivity index (χ4v) is 3.66. The molecular formula is C18H20N2O2. The number of nitrogens with one attached hydrogen (secondary N) is 2. The smallest absolute Gasteiger partial charge is 0.287 e. The summed E-state index contributed by atoms with van der Waals surface area (Å²) < 4.78 is 5.75.